The average molecular weight is 359 g/mol. The first-order valence-corrected chi connectivity index (χ1v) is 10.1. The van der Waals surface area contributed by atoms with Crippen LogP contribution in [-0.2, 0) is 0 Å². The molecule has 0 amide bonds. The third-order valence-corrected chi connectivity index (χ3v) is 5.71. The SMILES string of the molecule is CC(C)CCSc1c(-c2ccc3ccccc3n2)cnc2ccccc12. The van der Waals surface area contributed by atoms with Gasteiger partial charge in [0.15, 0.2) is 0 Å². The van der Waals surface area contributed by atoms with E-state index in [1.54, 1.807) is 0 Å². The number of pyridine rings is 2. The molecular formula is C23H22N2S. The van der Waals surface area contributed by atoms with Crippen LogP contribution >= 0.6 is 11.8 Å². The third-order valence-electron chi connectivity index (χ3n) is 4.54. The fourth-order valence-electron chi connectivity index (χ4n) is 3.07. The van der Waals surface area contributed by atoms with Crippen molar-refractivity contribution in [2.24, 2.45) is 5.92 Å². The van der Waals surface area contributed by atoms with Gasteiger partial charge in [-0.15, -0.1) is 11.8 Å². The smallest absolute Gasteiger partial charge is 0.0736 e. The van der Waals surface area contributed by atoms with Crippen LogP contribution in [0, 0.1) is 5.92 Å². The molecule has 0 saturated heterocycles. The number of thioether (sulfide) groups is 1. The van der Waals surface area contributed by atoms with Crippen molar-refractivity contribution in [2.75, 3.05) is 5.75 Å². The van der Waals surface area contributed by atoms with Crippen LogP contribution in [-0.4, -0.2) is 15.7 Å². The second-order valence-electron chi connectivity index (χ2n) is 6.94. The topological polar surface area (TPSA) is 25.8 Å². The van der Waals surface area contributed by atoms with Crippen molar-refractivity contribution < 1.29 is 0 Å². The van der Waals surface area contributed by atoms with E-state index in [0.717, 1.165) is 28.0 Å². The minimum Gasteiger partial charge on any atom is -0.255 e. The number of nitrogens with zero attached hydrogens (tertiary/aromatic N) is 2. The molecule has 0 radical (unpaired) electrons. The molecule has 0 N–H and O–H groups in total. The van der Waals surface area contributed by atoms with Crippen LogP contribution < -0.4 is 0 Å². The molecule has 0 fully saturated rings. The van der Waals surface area contributed by atoms with Gasteiger partial charge in [-0.1, -0.05) is 56.3 Å². The largest absolute Gasteiger partial charge is 0.255 e. The Morgan fingerprint density at radius 1 is 0.885 bits per heavy atom. The maximum atomic E-state index is 4.90. The summed E-state index contributed by atoms with van der Waals surface area (Å²) >= 11 is 1.93. The van der Waals surface area contributed by atoms with Crippen LogP contribution in [0.15, 0.2) is 71.8 Å². The zero-order valence-corrected chi connectivity index (χ0v) is 16.0. The maximum Gasteiger partial charge on any atom is 0.0736 e. The number of hydrogen-bond donors (Lipinski definition) is 0. The van der Waals surface area contributed by atoms with Crippen LogP contribution in [0.3, 0.4) is 0 Å². The van der Waals surface area contributed by atoms with Gasteiger partial charge in [0.05, 0.1) is 16.7 Å². The molecule has 4 rings (SSSR count). The fraction of sp³-hybridized carbons (Fsp3) is 0.217. The Morgan fingerprint density at radius 3 is 2.50 bits per heavy atom. The van der Waals surface area contributed by atoms with Crippen LogP contribution in [0.25, 0.3) is 33.1 Å². The summed E-state index contributed by atoms with van der Waals surface area (Å²) in [6, 6.07) is 20.9. The number of aromatic nitrogens is 2. The number of rotatable bonds is 5. The summed E-state index contributed by atoms with van der Waals surface area (Å²) < 4.78 is 0. The standard InChI is InChI=1S/C23H22N2S/c1-16(2)13-14-26-23-18-8-4-6-10-21(18)24-15-19(23)22-12-11-17-7-3-5-9-20(17)25-22/h3-12,15-16H,13-14H2,1-2H3. The summed E-state index contributed by atoms with van der Waals surface area (Å²) in [7, 11) is 0. The number of fused-ring (bicyclic) bond motifs is 2. The van der Waals surface area contributed by atoms with Crippen molar-refractivity contribution in [3.63, 3.8) is 0 Å². The molecule has 0 aliphatic carbocycles. The lowest BCUT2D eigenvalue weighted by Gasteiger charge is -2.13. The molecule has 0 aliphatic heterocycles. The number of para-hydroxylation sites is 2. The number of hydrogen-bond acceptors (Lipinski definition) is 3. The van der Waals surface area contributed by atoms with Crippen molar-refractivity contribution in [3.8, 4) is 11.3 Å². The van der Waals surface area contributed by atoms with Crippen LogP contribution in [0.4, 0.5) is 0 Å². The van der Waals surface area contributed by atoms with Crippen molar-refractivity contribution in [1.82, 2.24) is 9.97 Å². The maximum absolute atomic E-state index is 4.90. The highest BCUT2D eigenvalue weighted by Gasteiger charge is 2.13. The molecule has 0 saturated carbocycles. The summed E-state index contributed by atoms with van der Waals surface area (Å²) in [5.41, 5.74) is 4.19. The van der Waals surface area contributed by atoms with Gasteiger partial charge in [-0.3, -0.25) is 4.98 Å². The normalized spacial score (nSPS) is 11.5. The van der Waals surface area contributed by atoms with Gasteiger partial charge in [-0.2, -0.15) is 0 Å². The molecule has 0 bridgehead atoms. The van der Waals surface area contributed by atoms with Crippen molar-refractivity contribution in [3.05, 3.63) is 66.9 Å². The minimum absolute atomic E-state index is 0.706. The summed E-state index contributed by atoms with van der Waals surface area (Å²) in [5, 5.41) is 2.38. The molecule has 2 aromatic carbocycles. The zero-order valence-electron chi connectivity index (χ0n) is 15.1. The third kappa shape index (κ3) is 3.45. The Kier molecular flexibility index (Phi) is 4.89. The van der Waals surface area contributed by atoms with Gasteiger partial charge in [0.25, 0.3) is 0 Å². The van der Waals surface area contributed by atoms with Crippen LogP contribution in [0.5, 0.6) is 0 Å². The van der Waals surface area contributed by atoms with Crippen molar-refractivity contribution in [1.29, 1.82) is 0 Å². The van der Waals surface area contributed by atoms with E-state index < -0.39 is 0 Å². The first-order valence-electron chi connectivity index (χ1n) is 9.09. The molecule has 26 heavy (non-hydrogen) atoms. The lowest BCUT2D eigenvalue weighted by Crippen LogP contribution is -1.94. The van der Waals surface area contributed by atoms with Crippen molar-refractivity contribution in [2.45, 2.75) is 25.2 Å². The Hall–Kier alpha value is -2.39. The van der Waals surface area contributed by atoms with E-state index in [1.165, 1.54) is 22.1 Å². The summed E-state index contributed by atoms with van der Waals surface area (Å²) in [5.74, 6) is 1.81. The quantitative estimate of drug-likeness (QED) is 0.376. The van der Waals surface area contributed by atoms with Gasteiger partial charge < -0.3 is 0 Å². The lowest BCUT2D eigenvalue weighted by molar-refractivity contribution is 0.632. The highest BCUT2D eigenvalue weighted by molar-refractivity contribution is 7.99. The first-order chi connectivity index (χ1) is 12.7. The highest BCUT2D eigenvalue weighted by Crippen LogP contribution is 2.37. The lowest BCUT2D eigenvalue weighted by atomic mass is 10.1. The average Bonchev–Trinajstić information content (AvgIpc) is 2.67. The Morgan fingerprint density at radius 2 is 1.65 bits per heavy atom. The molecule has 2 heterocycles. The second-order valence-corrected chi connectivity index (χ2v) is 8.04. The Balaban J connectivity index is 1.84. The molecule has 4 aromatic rings. The molecule has 0 unspecified atom stereocenters. The summed E-state index contributed by atoms with van der Waals surface area (Å²) in [6.07, 6.45) is 3.18. The first kappa shape index (κ1) is 17.0. The molecule has 0 atom stereocenters. The molecule has 0 spiro atoms. The zero-order chi connectivity index (χ0) is 17.9. The van der Waals surface area contributed by atoms with Crippen LogP contribution in [0.2, 0.25) is 0 Å². The van der Waals surface area contributed by atoms with E-state index in [4.69, 9.17) is 4.98 Å². The van der Waals surface area contributed by atoms with Crippen LogP contribution in [0.1, 0.15) is 20.3 Å². The van der Waals surface area contributed by atoms with Gasteiger partial charge in [0.2, 0.25) is 0 Å². The van der Waals surface area contributed by atoms with Gasteiger partial charge >= 0.3 is 0 Å². The summed E-state index contributed by atoms with van der Waals surface area (Å²) in [6.45, 7) is 4.55. The molecule has 2 nitrogen and oxygen atoms in total. The number of benzene rings is 2. The van der Waals surface area contributed by atoms with Gasteiger partial charge in [-0.05, 0) is 36.3 Å². The van der Waals surface area contributed by atoms with E-state index in [-0.39, 0.29) is 0 Å². The van der Waals surface area contributed by atoms with E-state index in [1.807, 2.05) is 30.1 Å². The molecule has 0 aliphatic rings. The van der Waals surface area contributed by atoms with Gasteiger partial charge in [-0.25, -0.2) is 4.98 Å². The molecular weight excluding hydrogens is 336 g/mol. The highest BCUT2D eigenvalue weighted by atomic mass is 32.2. The second kappa shape index (κ2) is 7.46. The minimum atomic E-state index is 0.706. The summed E-state index contributed by atoms with van der Waals surface area (Å²) in [4.78, 5) is 10.9. The Bertz CT molecular complexity index is 1060. The van der Waals surface area contributed by atoms with Crippen molar-refractivity contribution >= 4 is 33.6 Å². The predicted octanol–water partition coefficient (Wildman–Crippen LogP) is 6.59. The van der Waals surface area contributed by atoms with E-state index in [0.29, 0.717) is 5.92 Å². The monoisotopic (exact) mass is 358 g/mol. The van der Waals surface area contributed by atoms with E-state index in [2.05, 4.69) is 67.4 Å². The van der Waals surface area contributed by atoms with E-state index >= 15 is 0 Å². The molecule has 130 valence electrons. The van der Waals surface area contributed by atoms with Gasteiger partial charge in [0.1, 0.15) is 0 Å². The van der Waals surface area contributed by atoms with E-state index in [9.17, 15) is 0 Å². The van der Waals surface area contributed by atoms with Gasteiger partial charge in [0, 0.05) is 27.4 Å². The molecule has 2 aromatic heterocycles. The predicted molar refractivity (Wildman–Crippen MR) is 113 cm³/mol. The molecule has 3 heteroatoms. The fourth-order valence-corrected chi connectivity index (χ4v) is 4.50. The Labute approximate surface area is 158 Å².